The fourth-order valence-corrected chi connectivity index (χ4v) is 2.62. The number of nitrogens with zero attached hydrogens (tertiary/aromatic N) is 1. The molecular formula is C16H22FNO2. The van der Waals surface area contributed by atoms with Gasteiger partial charge in [0.2, 0.25) is 5.91 Å². The van der Waals surface area contributed by atoms with Crippen LogP contribution >= 0.6 is 0 Å². The molecule has 1 saturated heterocycles. The first-order valence-electron chi connectivity index (χ1n) is 7.25. The normalized spacial score (nSPS) is 20.8. The zero-order valence-electron chi connectivity index (χ0n) is 12.1. The highest BCUT2D eigenvalue weighted by molar-refractivity contribution is 5.77. The molecule has 2 unspecified atom stereocenters. The van der Waals surface area contributed by atoms with Crippen LogP contribution in [0, 0.1) is 5.82 Å². The minimum Gasteiger partial charge on any atom is -0.375 e. The Kier molecular flexibility index (Phi) is 5.12. The maximum atomic E-state index is 13.0. The molecular weight excluding hydrogens is 257 g/mol. The summed E-state index contributed by atoms with van der Waals surface area (Å²) in [5.74, 6) is 0.0782. The summed E-state index contributed by atoms with van der Waals surface area (Å²) < 4.78 is 18.4. The van der Waals surface area contributed by atoms with Gasteiger partial charge in [0, 0.05) is 19.5 Å². The first-order chi connectivity index (χ1) is 9.60. The van der Waals surface area contributed by atoms with E-state index in [1.807, 2.05) is 11.8 Å². The van der Waals surface area contributed by atoms with Crippen LogP contribution in [0.5, 0.6) is 0 Å². The Labute approximate surface area is 119 Å². The summed E-state index contributed by atoms with van der Waals surface area (Å²) in [5.41, 5.74) is 1.03. The molecule has 1 aliphatic rings. The molecule has 4 heteroatoms. The molecule has 0 radical (unpaired) electrons. The van der Waals surface area contributed by atoms with Crippen LogP contribution in [0.4, 0.5) is 4.39 Å². The fourth-order valence-electron chi connectivity index (χ4n) is 2.62. The van der Waals surface area contributed by atoms with Gasteiger partial charge in [-0.3, -0.25) is 4.79 Å². The van der Waals surface area contributed by atoms with Gasteiger partial charge in [0.1, 0.15) is 5.82 Å². The number of carbonyl (C=O) groups is 1. The molecule has 2 rings (SSSR count). The lowest BCUT2D eigenvalue weighted by molar-refractivity contribution is -0.138. The van der Waals surface area contributed by atoms with Crippen LogP contribution in [0.1, 0.15) is 38.2 Å². The molecule has 3 nitrogen and oxygen atoms in total. The summed E-state index contributed by atoms with van der Waals surface area (Å²) in [4.78, 5) is 14.2. The van der Waals surface area contributed by atoms with Gasteiger partial charge in [-0.2, -0.15) is 0 Å². The highest BCUT2D eigenvalue weighted by Gasteiger charge is 2.24. The second-order valence-corrected chi connectivity index (χ2v) is 5.38. The number of hydrogen-bond acceptors (Lipinski definition) is 2. The lowest BCUT2D eigenvalue weighted by Gasteiger charge is -2.32. The predicted molar refractivity (Wildman–Crippen MR) is 76.0 cm³/mol. The Balaban J connectivity index is 1.98. The molecule has 110 valence electrons. The van der Waals surface area contributed by atoms with Gasteiger partial charge in [0.05, 0.1) is 12.7 Å². The molecule has 1 aromatic carbocycles. The van der Waals surface area contributed by atoms with Crippen molar-refractivity contribution in [2.24, 2.45) is 0 Å². The van der Waals surface area contributed by atoms with Crippen molar-refractivity contribution in [1.82, 2.24) is 4.90 Å². The van der Waals surface area contributed by atoms with Crippen LogP contribution < -0.4 is 0 Å². The van der Waals surface area contributed by atoms with Gasteiger partial charge in [0.25, 0.3) is 0 Å². The van der Waals surface area contributed by atoms with E-state index in [2.05, 4.69) is 6.92 Å². The summed E-state index contributed by atoms with van der Waals surface area (Å²) in [7, 11) is 0. The van der Waals surface area contributed by atoms with Gasteiger partial charge < -0.3 is 9.64 Å². The molecule has 0 spiro atoms. The van der Waals surface area contributed by atoms with Crippen molar-refractivity contribution in [2.75, 3.05) is 19.7 Å². The van der Waals surface area contributed by atoms with Crippen molar-refractivity contribution >= 4 is 5.91 Å². The Hall–Kier alpha value is -1.42. The molecule has 1 aromatic rings. The number of halogens is 1. The molecule has 0 saturated carbocycles. The fraction of sp³-hybridized carbons (Fsp3) is 0.562. The van der Waals surface area contributed by atoms with Gasteiger partial charge in [-0.1, -0.05) is 19.1 Å². The van der Waals surface area contributed by atoms with Crippen molar-refractivity contribution in [3.05, 3.63) is 35.6 Å². The first-order valence-corrected chi connectivity index (χ1v) is 7.25. The molecule has 0 aromatic heterocycles. The monoisotopic (exact) mass is 279 g/mol. The van der Waals surface area contributed by atoms with E-state index in [9.17, 15) is 9.18 Å². The second kappa shape index (κ2) is 6.84. The third-order valence-corrected chi connectivity index (χ3v) is 3.85. The van der Waals surface area contributed by atoms with Crippen LogP contribution in [-0.2, 0) is 9.53 Å². The average molecular weight is 279 g/mol. The second-order valence-electron chi connectivity index (χ2n) is 5.38. The third-order valence-electron chi connectivity index (χ3n) is 3.85. The zero-order valence-corrected chi connectivity index (χ0v) is 12.1. The van der Waals surface area contributed by atoms with Crippen molar-refractivity contribution in [3.63, 3.8) is 0 Å². The highest BCUT2D eigenvalue weighted by atomic mass is 19.1. The molecule has 1 heterocycles. The number of benzene rings is 1. The SMILES string of the molecule is CCC(CC(=O)N1CCOC(C)C1)c1ccc(F)cc1. The number of morpholine rings is 1. The van der Waals surface area contributed by atoms with E-state index in [0.717, 1.165) is 12.0 Å². The minimum atomic E-state index is -0.239. The largest absolute Gasteiger partial charge is 0.375 e. The van der Waals surface area contributed by atoms with Crippen LogP contribution in [0.15, 0.2) is 24.3 Å². The summed E-state index contributed by atoms with van der Waals surface area (Å²) in [6, 6.07) is 6.47. The summed E-state index contributed by atoms with van der Waals surface area (Å²) in [6.07, 6.45) is 1.46. The van der Waals surface area contributed by atoms with E-state index < -0.39 is 0 Å². The van der Waals surface area contributed by atoms with Gasteiger partial charge in [-0.15, -0.1) is 0 Å². The van der Waals surface area contributed by atoms with E-state index >= 15 is 0 Å². The Morgan fingerprint density at radius 1 is 1.45 bits per heavy atom. The lowest BCUT2D eigenvalue weighted by Crippen LogP contribution is -2.44. The van der Waals surface area contributed by atoms with Crippen LogP contribution in [0.3, 0.4) is 0 Å². The number of hydrogen-bond donors (Lipinski definition) is 0. The van der Waals surface area contributed by atoms with E-state index in [-0.39, 0.29) is 23.7 Å². The third kappa shape index (κ3) is 3.79. The van der Waals surface area contributed by atoms with Crippen molar-refractivity contribution in [1.29, 1.82) is 0 Å². The maximum Gasteiger partial charge on any atom is 0.223 e. The molecule has 1 amide bonds. The predicted octanol–water partition coefficient (Wildman–Crippen LogP) is 2.96. The number of rotatable bonds is 4. The maximum absolute atomic E-state index is 13.0. The Bertz CT molecular complexity index is 446. The van der Waals surface area contributed by atoms with Gasteiger partial charge in [0.15, 0.2) is 0 Å². The van der Waals surface area contributed by atoms with Crippen LogP contribution in [-0.4, -0.2) is 36.6 Å². The smallest absolute Gasteiger partial charge is 0.223 e. The van der Waals surface area contributed by atoms with Crippen LogP contribution in [0.2, 0.25) is 0 Å². The zero-order chi connectivity index (χ0) is 14.5. The van der Waals surface area contributed by atoms with Gasteiger partial charge in [-0.25, -0.2) is 4.39 Å². The minimum absolute atomic E-state index is 0.110. The topological polar surface area (TPSA) is 29.5 Å². The molecule has 20 heavy (non-hydrogen) atoms. The van der Waals surface area contributed by atoms with E-state index in [0.29, 0.717) is 26.1 Å². The highest BCUT2D eigenvalue weighted by Crippen LogP contribution is 2.24. The molecule has 2 atom stereocenters. The van der Waals surface area contributed by atoms with Crippen molar-refractivity contribution in [2.45, 2.75) is 38.7 Å². The Morgan fingerprint density at radius 2 is 2.15 bits per heavy atom. The van der Waals surface area contributed by atoms with E-state index in [4.69, 9.17) is 4.74 Å². The summed E-state index contributed by atoms with van der Waals surface area (Å²) in [5, 5.41) is 0. The van der Waals surface area contributed by atoms with Crippen molar-refractivity contribution in [3.8, 4) is 0 Å². The number of ether oxygens (including phenoxy) is 1. The first kappa shape index (κ1) is 15.0. The van der Waals surface area contributed by atoms with Crippen molar-refractivity contribution < 1.29 is 13.9 Å². The van der Waals surface area contributed by atoms with Crippen LogP contribution in [0.25, 0.3) is 0 Å². The molecule has 1 aliphatic heterocycles. The standard InChI is InChI=1S/C16H22FNO2/c1-3-13(14-4-6-15(17)7-5-14)10-16(19)18-8-9-20-12(2)11-18/h4-7,12-13H,3,8-11H2,1-2H3. The van der Waals surface area contributed by atoms with E-state index in [1.54, 1.807) is 12.1 Å². The molecule has 0 aliphatic carbocycles. The van der Waals surface area contributed by atoms with Gasteiger partial charge in [-0.05, 0) is 37.0 Å². The molecule has 0 N–H and O–H groups in total. The molecule has 0 bridgehead atoms. The van der Waals surface area contributed by atoms with Gasteiger partial charge >= 0.3 is 0 Å². The summed E-state index contributed by atoms with van der Waals surface area (Å²) >= 11 is 0. The number of amides is 1. The number of carbonyl (C=O) groups excluding carboxylic acids is 1. The van der Waals surface area contributed by atoms with E-state index in [1.165, 1.54) is 12.1 Å². The average Bonchev–Trinajstić information content (AvgIpc) is 2.45. The lowest BCUT2D eigenvalue weighted by atomic mass is 9.92. The molecule has 1 fully saturated rings. The summed E-state index contributed by atoms with van der Waals surface area (Å²) in [6.45, 7) is 5.99. The quantitative estimate of drug-likeness (QED) is 0.848. The Morgan fingerprint density at radius 3 is 2.75 bits per heavy atom.